The van der Waals surface area contributed by atoms with Crippen molar-refractivity contribution in [2.45, 2.75) is 45.1 Å². The molecule has 0 bridgehead atoms. The van der Waals surface area contributed by atoms with E-state index in [9.17, 15) is 19.1 Å². The second-order valence-electron chi connectivity index (χ2n) is 11.1. The molecule has 3 aromatic rings. The van der Waals surface area contributed by atoms with Crippen LogP contribution in [-0.2, 0) is 15.0 Å². The van der Waals surface area contributed by atoms with Gasteiger partial charge in [-0.3, -0.25) is 14.5 Å². The molecule has 0 spiro atoms. The third-order valence-corrected chi connectivity index (χ3v) is 7.55. The molecule has 6 nitrogen and oxygen atoms in total. The number of Topliss-reactive ketones (excluding diaryl/α,β-unsaturated/α-hetero) is 1. The second kappa shape index (κ2) is 10.2. The first-order chi connectivity index (χ1) is 18.6. The number of nitrogens with zero attached hydrogens (tertiary/aromatic N) is 2. The minimum atomic E-state index is -0.953. The van der Waals surface area contributed by atoms with Gasteiger partial charge in [-0.15, -0.1) is 0 Å². The summed E-state index contributed by atoms with van der Waals surface area (Å²) in [6, 6.07) is 17.6. The maximum absolute atomic E-state index is 13.9. The summed E-state index contributed by atoms with van der Waals surface area (Å²) in [5.41, 5.74) is 3.01. The van der Waals surface area contributed by atoms with Crippen LogP contribution in [0.3, 0.4) is 0 Å². The number of hydrogen-bond acceptors (Lipinski definition) is 5. The van der Waals surface area contributed by atoms with Crippen LogP contribution in [0.2, 0.25) is 0 Å². The third kappa shape index (κ3) is 4.89. The highest BCUT2D eigenvalue weighted by Crippen LogP contribution is 2.44. The number of aliphatic hydroxyl groups is 1. The van der Waals surface area contributed by atoms with Crippen molar-refractivity contribution >= 4 is 28.8 Å². The summed E-state index contributed by atoms with van der Waals surface area (Å²) in [6.07, 6.45) is 2.28. The summed E-state index contributed by atoms with van der Waals surface area (Å²) >= 11 is 0. The summed E-state index contributed by atoms with van der Waals surface area (Å²) in [5, 5.41) is 11.7. The monoisotopic (exact) mass is 528 g/mol. The number of anilines is 2. The fourth-order valence-corrected chi connectivity index (χ4v) is 5.36. The van der Waals surface area contributed by atoms with Crippen LogP contribution >= 0.6 is 0 Å². The van der Waals surface area contributed by atoms with Gasteiger partial charge in [-0.2, -0.15) is 0 Å². The van der Waals surface area contributed by atoms with Crippen LogP contribution in [0.1, 0.15) is 56.3 Å². The summed E-state index contributed by atoms with van der Waals surface area (Å²) < 4.78 is 19.4. The molecule has 0 aromatic heterocycles. The van der Waals surface area contributed by atoms with Gasteiger partial charge in [0.05, 0.1) is 24.3 Å². The van der Waals surface area contributed by atoms with Crippen LogP contribution < -0.4 is 14.5 Å². The molecule has 1 unspecified atom stereocenters. The Morgan fingerprint density at radius 1 is 0.923 bits per heavy atom. The van der Waals surface area contributed by atoms with Gasteiger partial charge in [-0.1, -0.05) is 39.0 Å². The topological polar surface area (TPSA) is 70.1 Å². The number of aliphatic hydroxyl groups excluding tert-OH is 1. The summed E-state index contributed by atoms with van der Waals surface area (Å²) in [6.45, 7) is 8.09. The van der Waals surface area contributed by atoms with E-state index in [1.807, 2.05) is 51.1 Å². The predicted octanol–water partition coefficient (Wildman–Crippen LogP) is 6.36. The van der Waals surface area contributed by atoms with E-state index in [-0.39, 0.29) is 16.7 Å². The number of hydrogen-bond donors (Lipinski definition) is 1. The number of benzene rings is 3. The first-order valence-corrected chi connectivity index (χ1v) is 13.2. The fraction of sp³-hybridized carbons (Fsp3) is 0.312. The van der Waals surface area contributed by atoms with Crippen LogP contribution in [0.15, 0.2) is 72.3 Å². The molecule has 5 rings (SSSR count). The largest absolute Gasteiger partial charge is 0.507 e. The normalized spacial score (nSPS) is 19.2. The van der Waals surface area contributed by atoms with Gasteiger partial charge < -0.3 is 14.7 Å². The molecule has 39 heavy (non-hydrogen) atoms. The molecule has 1 atom stereocenters. The third-order valence-electron chi connectivity index (χ3n) is 7.55. The molecule has 2 aliphatic heterocycles. The Labute approximate surface area is 228 Å². The molecule has 202 valence electrons. The lowest BCUT2D eigenvalue weighted by molar-refractivity contribution is -0.132. The Kier molecular flexibility index (Phi) is 6.93. The lowest BCUT2D eigenvalue weighted by Crippen LogP contribution is -2.29. The number of methoxy groups -OCH3 is 1. The molecule has 1 amide bonds. The van der Waals surface area contributed by atoms with Crippen molar-refractivity contribution in [3.63, 3.8) is 0 Å². The molecule has 2 aliphatic rings. The molecular weight excluding hydrogens is 495 g/mol. The number of rotatable bonds is 5. The number of amides is 1. The average Bonchev–Trinajstić information content (AvgIpc) is 3.55. The number of carbonyl (C=O) groups is 2. The number of ether oxygens (including phenoxy) is 1. The Morgan fingerprint density at radius 3 is 2.13 bits per heavy atom. The van der Waals surface area contributed by atoms with Crippen molar-refractivity contribution in [2.24, 2.45) is 0 Å². The quantitative estimate of drug-likeness (QED) is 0.237. The molecule has 0 radical (unpaired) electrons. The van der Waals surface area contributed by atoms with E-state index < -0.39 is 23.5 Å². The maximum Gasteiger partial charge on any atom is 0.300 e. The summed E-state index contributed by atoms with van der Waals surface area (Å²) in [5.74, 6) is -1.97. The SMILES string of the molecule is COc1ccc(C(C)(C)C)cc1/C(O)=C1\C(=O)C(=O)N(c2ccc(N3CCCC3)cc2)C1c1ccc(F)cc1. The van der Waals surface area contributed by atoms with Crippen molar-refractivity contribution in [3.8, 4) is 5.75 Å². The highest BCUT2D eigenvalue weighted by molar-refractivity contribution is 6.51. The van der Waals surface area contributed by atoms with Gasteiger partial charge in [0.15, 0.2) is 0 Å². The predicted molar refractivity (Wildman–Crippen MR) is 151 cm³/mol. The molecule has 2 saturated heterocycles. The second-order valence-corrected chi connectivity index (χ2v) is 11.1. The van der Waals surface area contributed by atoms with E-state index in [0.717, 1.165) is 37.2 Å². The van der Waals surface area contributed by atoms with Gasteiger partial charge in [0.1, 0.15) is 17.3 Å². The van der Waals surface area contributed by atoms with Crippen LogP contribution in [0.5, 0.6) is 5.75 Å². The smallest absolute Gasteiger partial charge is 0.300 e. The van der Waals surface area contributed by atoms with Gasteiger partial charge in [0.25, 0.3) is 11.7 Å². The Balaban J connectivity index is 1.67. The highest BCUT2D eigenvalue weighted by Gasteiger charge is 2.47. The Morgan fingerprint density at radius 2 is 1.54 bits per heavy atom. The minimum Gasteiger partial charge on any atom is -0.507 e. The zero-order valence-corrected chi connectivity index (χ0v) is 22.7. The lowest BCUT2D eigenvalue weighted by Gasteiger charge is -2.27. The number of halogens is 1. The molecule has 0 saturated carbocycles. The van der Waals surface area contributed by atoms with Crippen LogP contribution in [-0.4, -0.2) is 37.0 Å². The van der Waals surface area contributed by atoms with Crippen molar-refractivity contribution in [1.82, 2.24) is 0 Å². The first-order valence-electron chi connectivity index (χ1n) is 13.2. The van der Waals surface area contributed by atoms with Crippen molar-refractivity contribution in [1.29, 1.82) is 0 Å². The molecule has 0 aliphatic carbocycles. The molecular formula is C32H33FN2O4. The first kappa shape index (κ1) is 26.5. The Bertz CT molecular complexity index is 1430. The Hall–Kier alpha value is -4.13. The maximum atomic E-state index is 13.9. The summed E-state index contributed by atoms with van der Waals surface area (Å²) in [4.78, 5) is 30.8. The van der Waals surface area contributed by atoms with E-state index in [1.165, 1.54) is 36.3 Å². The highest BCUT2D eigenvalue weighted by atomic mass is 19.1. The van der Waals surface area contributed by atoms with Gasteiger partial charge in [-0.05, 0) is 77.9 Å². The zero-order chi connectivity index (χ0) is 27.9. The van der Waals surface area contributed by atoms with Crippen LogP contribution in [0, 0.1) is 5.82 Å². The van der Waals surface area contributed by atoms with E-state index in [0.29, 0.717) is 22.6 Å². The van der Waals surface area contributed by atoms with E-state index in [4.69, 9.17) is 4.74 Å². The van der Waals surface area contributed by atoms with Crippen molar-refractivity contribution in [3.05, 3.63) is 94.8 Å². The fourth-order valence-electron chi connectivity index (χ4n) is 5.36. The van der Waals surface area contributed by atoms with E-state index >= 15 is 0 Å². The van der Waals surface area contributed by atoms with Gasteiger partial charge in [-0.25, -0.2) is 4.39 Å². The van der Waals surface area contributed by atoms with Crippen molar-refractivity contribution < 1.29 is 23.8 Å². The zero-order valence-electron chi connectivity index (χ0n) is 22.7. The standard InChI is InChI=1S/C32H33FN2O4/c1-32(2,3)21-9-16-26(39-4)25(19-21)29(36)27-28(20-7-10-22(33)11-8-20)35(31(38)30(27)37)24-14-12-23(13-15-24)34-17-5-6-18-34/h7-16,19,28,36H,5-6,17-18H2,1-4H3/b29-27+. The molecule has 7 heteroatoms. The number of ketones is 1. The van der Waals surface area contributed by atoms with E-state index in [2.05, 4.69) is 4.90 Å². The van der Waals surface area contributed by atoms with Crippen LogP contribution in [0.25, 0.3) is 5.76 Å². The summed E-state index contributed by atoms with van der Waals surface area (Å²) in [7, 11) is 1.49. The van der Waals surface area contributed by atoms with Gasteiger partial charge in [0.2, 0.25) is 0 Å². The molecule has 2 fully saturated rings. The lowest BCUT2D eigenvalue weighted by atomic mass is 9.85. The van der Waals surface area contributed by atoms with Gasteiger partial charge in [0, 0.05) is 24.5 Å². The van der Waals surface area contributed by atoms with Gasteiger partial charge >= 0.3 is 0 Å². The molecule has 2 heterocycles. The minimum absolute atomic E-state index is 0.0698. The van der Waals surface area contributed by atoms with Crippen molar-refractivity contribution in [2.75, 3.05) is 30.0 Å². The molecule has 1 N–H and O–H groups in total. The average molecular weight is 529 g/mol. The number of carbonyl (C=O) groups excluding carboxylic acids is 2. The van der Waals surface area contributed by atoms with Crippen LogP contribution in [0.4, 0.5) is 15.8 Å². The molecule has 3 aromatic carbocycles. The van der Waals surface area contributed by atoms with E-state index in [1.54, 1.807) is 12.1 Å².